The van der Waals surface area contributed by atoms with Crippen LogP contribution in [0.15, 0.2) is 36.5 Å². The Kier molecular flexibility index (Phi) is 2.43. The van der Waals surface area contributed by atoms with Gasteiger partial charge in [0.2, 0.25) is 5.69 Å². The molecule has 3 aliphatic rings. The molecule has 0 radical (unpaired) electrons. The second-order valence-corrected chi connectivity index (χ2v) is 6.75. The number of fused-ring (bicyclic) bond motifs is 6. The monoisotopic (exact) mass is 277 g/mol. The highest BCUT2D eigenvalue weighted by Gasteiger charge is 2.42. The van der Waals surface area contributed by atoms with Crippen LogP contribution in [0.3, 0.4) is 0 Å². The summed E-state index contributed by atoms with van der Waals surface area (Å²) in [5, 5.41) is 3.78. The molecule has 2 unspecified atom stereocenters. The maximum absolute atomic E-state index is 3.78. The maximum Gasteiger partial charge on any atom is 0.204 e. The normalized spacial score (nSPS) is 25.3. The molecule has 106 valence electrons. The summed E-state index contributed by atoms with van der Waals surface area (Å²) in [4.78, 5) is 0. The second-order valence-electron chi connectivity index (χ2n) is 6.75. The molecule has 0 saturated carbocycles. The molecule has 5 rings (SSSR count). The molecule has 2 heteroatoms. The van der Waals surface area contributed by atoms with Crippen LogP contribution in [0.2, 0.25) is 0 Å². The summed E-state index contributed by atoms with van der Waals surface area (Å²) in [6.45, 7) is 1.17. The van der Waals surface area contributed by atoms with Crippen molar-refractivity contribution in [2.45, 2.75) is 50.6 Å². The summed E-state index contributed by atoms with van der Waals surface area (Å²) in [5.74, 6) is 0.655. The molecule has 0 fully saturated rings. The van der Waals surface area contributed by atoms with Crippen molar-refractivity contribution in [1.82, 2.24) is 0 Å². The van der Waals surface area contributed by atoms with E-state index in [-0.39, 0.29) is 0 Å². The molecule has 1 N–H and O–H groups in total. The van der Waals surface area contributed by atoms with E-state index >= 15 is 0 Å². The van der Waals surface area contributed by atoms with Gasteiger partial charge < -0.3 is 5.32 Å². The molecule has 2 atom stereocenters. The highest BCUT2D eigenvalue weighted by Crippen LogP contribution is 2.46. The van der Waals surface area contributed by atoms with Crippen molar-refractivity contribution >= 4 is 5.69 Å². The van der Waals surface area contributed by atoms with Crippen LogP contribution in [0, 0.1) is 0 Å². The molecule has 0 saturated heterocycles. The van der Waals surface area contributed by atoms with Crippen molar-refractivity contribution in [3.05, 3.63) is 58.9 Å². The summed E-state index contributed by atoms with van der Waals surface area (Å²) in [6.07, 6.45) is 8.97. The molecular formula is C19H21N2+. The topological polar surface area (TPSA) is 15.9 Å². The van der Waals surface area contributed by atoms with E-state index in [1.165, 1.54) is 55.6 Å². The fraction of sp³-hybridized carbons (Fsp3) is 0.421. The summed E-state index contributed by atoms with van der Waals surface area (Å²) >= 11 is 0. The number of aromatic nitrogens is 1. The zero-order valence-electron chi connectivity index (χ0n) is 12.3. The Labute approximate surface area is 125 Å². The third kappa shape index (κ3) is 1.68. The van der Waals surface area contributed by atoms with E-state index in [9.17, 15) is 0 Å². The fourth-order valence-corrected chi connectivity index (χ4v) is 4.53. The molecule has 0 spiro atoms. The van der Waals surface area contributed by atoms with Crippen LogP contribution in [0.4, 0.5) is 5.69 Å². The molecule has 1 aliphatic carbocycles. The number of anilines is 1. The molecule has 3 heterocycles. The molecule has 2 nitrogen and oxygen atoms in total. The third-order valence-corrected chi connectivity index (χ3v) is 5.59. The van der Waals surface area contributed by atoms with Gasteiger partial charge in [0.25, 0.3) is 0 Å². The van der Waals surface area contributed by atoms with Gasteiger partial charge in [-0.25, -0.2) is 4.57 Å². The molecule has 2 aliphatic heterocycles. The van der Waals surface area contributed by atoms with Crippen LogP contribution in [0.1, 0.15) is 53.6 Å². The minimum Gasteiger partial charge on any atom is -0.372 e. The van der Waals surface area contributed by atoms with Crippen LogP contribution in [-0.4, -0.2) is 0 Å². The fourth-order valence-electron chi connectivity index (χ4n) is 4.53. The van der Waals surface area contributed by atoms with Crippen LogP contribution in [0.25, 0.3) is 0 Å². The first-order valence-electron chi connectivity index (χ1n) is 8.31. The van der Waals surface area contributed by atoms with Crippen molar-refractivity contribution in [3.63, 3.8) is 0 Å². The highest BCUT2D eigenvalue weighted by molar-refractivity contribution is 5.60. The van der Waals surface area contributed by atoms with Crippen LogP contribution in [-0.2, 0) is 19.4 Å². The Morgan fingerprint density at radius 1 is 1.05 bits per heavy atom. The Hall–Kier alpha value is -1.83. The summed E-state index contributed by atoms with van der Waals surface area (Å²) in [5.41, 5.74) is 7.57. The number of aryl methyl sites for hydroxylation is 3. The van der Waals surface area contributed by atoms with E-state index in [4.69, 9.17) is 0 Å². The van der Waals surface area contributed by atoms with Gasteiger partial charge in [0.1, 0.15) is 12.6 Å². The predicted octanol–water partition coefficient (Wildman–Crippen LogP) is 3.51. The highest BCUT2D eigenvalue weighted by atomic mass is 15.1. The zero-order valence-corrected chi connectivity index (χ0v) is 12.3. The van der Waals surface area contributed by atoms with Crippen LogP contribution in [0.5, 0.6) is 0 Å². The molecule has 1 aromatic heterocycles. The Bertz CT molecular complexity index is 720. The first-order chi connectivity index (χ1) is 10.4. The van der Waals surface area contributed by atoms with Gasteiger partial charge in [0, 0.05) is 29.7 Å². The number of rotatable bonds is 0. The first-order valence-corrected chi connectivity index (χ1v) is 8.31. The summed E-state index contributed by atoms with van der Waals surface area (Å²) in [6, 6.07) is 11.8. The lowest BCUT2D eigenvalue weighted by Crippen LogP contribution is -2.46. The van der Waals surface area contributed by atoms with Gasteiger partial charge in [-0.2, -0.15) is 0 Å². The van der Waals surface area contributed by atoms with Gasteiger partial charge in [-0.3, -0.25) is 0 Å². The zero-order chi connectivity index (χ0) is 13.8. The van der Waals surface area contributed by atoms with E-state index in [0.29, 0.717) is 12.0 Å². The molecule has 21 heavy (non-hydrogen) atoms. The number of pyridine rings is 1. The molecule has 0 bridgehead atoms. The van der Waals surface area contributed by atoms with Crippen LogP contribution >= 0.6 is 0 Å². The number of nitrogens with zero attached hydrogens (tertiary/aromatic N) is 1. The van der Waals surface area contributed by atoms with E-state index < -0.39 is 0 Å². The lowest BCUT2D eigenvalue weighted by atomic mass is 9.84. The molecular weight excluding hydrogens is 256 g/mol. The van der Waals surface area contributed by atoms with Crippen molar-refractivity contribution < 1.29 is 4.57 Å². The summed E-state index contributed by atoms with van der Waals surface area (Å²) < 4.78 is 2.52. The van der Waals surface area contributed by atoms with Gasteiger partial charge in [-0.05, 0) is 42.9 Å². The second kappa shape index (κ2) is 4.33. The number of benzene rings is 1. The van der Waals surface area contributed by atoms with Gasteiger partial charge in [-0.1, -0.05) is 18.2 Å². The van der Waals surface area contributed by atoms with E-state index in [1.54, 1.807) is 11.1 Å². The van der Waals surface area contributed by atoms with Gasteiger partial charge >= 0.3 is 0 Å². The standard InChI is InChI=1S/C19H21N2/c1-2-6-14-12-21-10-9-16-15-7-3-4-8-17(15)20-19(16)18(21)11-13(14)5-1/h3-4,7-8,11-12,16,19-20H,1-2,5-6,9-10H2/q+1. The van der Waals surface area contributed by atoms with Crippen LogP contribution < -0.4 is 9.88 Å². The molecule has 0 amide bonds. The van der Waals surface area contributed by atoms with Gasteiger partial charge in [0.15, 0.2) is 6.20 Å². The number of hydrogen-bond acceptors (Lipinski definition) is 1. The predicted molar refractivity (Wildman–Crippen MR) is 83.4 cm³/mol. The average Bonchev–Trinajstić information content (AvgIpc) is 2.92. The lowest BCUT2D eigenvalue weighted by molar-refractivity contribution is -0.711. The van der Waals surface area contributed by atoms with Crippen molar-refractivity contribution in [2.75, 3.05) is 5.32 Å². The van der Waals surface area contributed by atoms with E-state index in [2.05, 4.69) is 46.4 Å². The SMILES string of the molecule is c1ccc2c(c1)NC1c3cc4c(c[n+]3CCC21)CCCC4. The smallest absolute Gasteiger partial charge is 0.204 e. The summed E-state index contributed by atoms with van der Waals surface area (Å²) in [7, 11) is 0. The van der Waals surface area contributed by atoms with E-state index in [0.717, 1.165) is 0 Å². The van der Waals surface area contributed by atoms with Gasteiger partial charge in [-0.15, -0.1) is 0 Å². The third-order valence-electron chi connectivity index (χ3n) is 5.59. The lowest BCUT2D eigenvalue weighted by Gasteiger charge is -2.26. The number of nitrogens with one attached hydrogen (secondary N) is 1. The quantitative estimate of drug-likeness (QED) is 0.729. The largest absolute Gasteiger partial charge is 0.372 e. The van der Waals surface area contributed by atoms with Crippen molar-refractivity contribution in [1.29, 1.82) is 0 Å². The van der Waals surface area contributed by atoms with Crippen molar-refractivity contribution in [2.24, 2.45) is 0 Å². The minimum absolute atomic E-state index is 0.475. The minimum atomic E-state index is 0.475. The Balaban J connectivity index is 1.62. The molecule has 2 aromatic rings. The maximum atomic E-state index is 3.78. The van der Waals surface area contributed by atoms with Crippen molar-refractivity contribution in [3.8, 4) is 0 Å². The first kappa shape index (κ1) is 11.8. The Morgan fingerprint density at radius 3 is 2.86 bits per heavy atom. The van der Waals surface area contributed by atoms with E-state index in [1.807, 2.05) is 0 Å². The Morgan fingerprint density at radius 2 is 1.90 bits per heavy atom. The van der Waals surface area contributed by atoms with Gasteiger partial charge in [0.05, 0.1) is 0 Å². The average molecular weight is 277 g/mol. The number of hydrogen-bond donors (Lipinski definition) is 1. The number of para-hydroxylation sites is 1. The molecule has 1 aromatic carbocycles.